The minimum atomic E-state index is -0.785. The van der Waals surface area contributed by atoms with E-state index in [4.69, 9.17) is 18.9 Å². The van der Waals surface area contributed by atoms with Crippen LogP contribution in [0.1, 0.15) is 59.7 Å². The molecule has 3 heterocycles. The maximum absolute atomic E-state index is 14.1. The van der Waals surface area contributed by atoms with Gasteiger partial charge in [0.1, 0.15) is 0 Å². The van der Waals surface area contributed by atoms with Gasteiger partial charge in [-0.25, -0.2) is 14.6 Å². The molecule has 11 heteroatoms. The lowest BCUT2D eigenvalue weighted by molar-refractivity contribution is -0.139. The molecule has 0 fully saturated rings. The van der Waals surface area contributed by atoms with Crippen molar-refractivity contribution in [2.45, 2.75) is 40.7 Å². The van der Waals surface area contributed by atoms with E-state index in [0.717, 1.165) is 22.6 Å². The van der Waals surface area contributed by atoms with Gasteiger partial charge in [-0.2, -0.15) is 0 Å². The van der Waals surface area contributed by atoms with Gasteiger partial charge in [-0.3, -0.25) is 9.36 Å². The number of aryl methyl sites for hydroxylation is 1. The molecule has 1 atom stereocenters. The van der Waals surface area contributed by atoms with Crippen molar-refractivity contribution in [3.05, 3.63) is 108 Å². The molecule has 45 heavy (non-hydrogen) atoms. The first-order valence-corrected chi connectivity index (χ1v) is 15.3. The number of fused-ring (bicyclic) bond motifs is 1. The highest BCUT2D eigenvalue weighted by Crippen LogP contribution is 2.36. The largest absolute Gasteiger partial charge is 0.493 e. The van der Waals surface area contributed by atoms with Crippen molar-refractivity contribution >= 4 is 29.4 Å². The van der Waals surface area contributed by atoms with Crippen LogP contribution in [0.2, 0.25) is 0 Å². The summed E-state index contributed by atoms with van der Waals surface area (Å²) < 4.78 is 25.5. The van der Waals surface area contributed by atoms with Crippen molar-refractivity contribution in [2.24, 2.45) is 4.99 Å². The Balaban J connectivity index is 1.63. The van der Waals surface area contributed by atoms with Gasteiger partial charge in [0.15, 0.2) is 16.3 Å². The van der Waals surface area contributed by atoms with Crippen molar-refractivity contribution in [3.63, 3.8) is 0 Å². The number of allylic oxidation sites excluding steroid dienone is 1. The molecule has 0 bridgehead atoms. The fraction of sp³-hybridized carbons (Fsp3) is 0.294. The summed E-state index contributed by atoms with van der Waals surface area (Å²) in [5.41, 5.74) is 5.22. The van der Waals surface area contributed by atoms with E-state index in [9.17, 15) is 14.4 Å². The molecule has 0 spiro atoms. The minimum Gasteiger partial charge on any atom is -0.493 e. The van der Waals surface area contributed by atoms with E-state index in [-0.39, 0.29) is 23.7 Å². The Morgan fingerprint density at radius 3 is 2.22 bits per heavy atom. The molecule has 2 aromatic heterocycles. The minimum absolute atomic E-state index is 0.180. The average molecular weight is 630 g/mol. The zero-order valence-corrected chi connectivity index (χ0v) is 27.1. The molecule has 5 rings (SSSR count). The van der Waals surface area contributed by atoms with Crippen molar-refractivity contribution < 1.29 is 28.5 Å². The maximum Gasteiger partial charge on any atom is 0.338 e. The summed E-state index contributed by atoms with van der Waals surface area (Å²) in [5.74, 6) is 0.0924. The van der Waals surface area contributed by atoms with Gasteiger partial charge in [0, 0.05) is 17.1 Å². The zero-order valence-electron chi connectivity index (χ0n) is 26.3. The Bertz CT molecular complexity index is 2000. The van der Waals surface area contributed by atoms with Gasteiger partial charge in [-0.05, 0) is 94.3 Å². The van der Waals surface area contributed by atoms with Crippen molar-refractivity contribution in [1.82, 2.24) is 9.13 Å². The smallest absolute Gasteiger partial charge is 0.338 e. The predicted molar refractivity (Wildman–Crippen MR) is 171 cm³/mol. The molecule has 10 nitrogen and oxygen atoms in total. The first kappa shape index (κ1) is 31.5. The lowest BCUT2D eigenvalue weighted by atomic mass is 9.95. The number of esters is 2. The molecule has 0 N–H and O–H groups in total. The fourth-order valence-electron chi connectivity index (χ4n) is 5.56. The van der Waals surface area contributed by atoms with E-state index in [1.807, 2.05) is 44.2 Å². The zero-order chi connectivity index (χ0) is 32.4. The average Bonchev–Trinajstić information content (AvgIpc) is 3.49. The molecular formula is C34H35N3O7S. The van der Waals surface area contributed by atoms with Crippen LogP contribution in [0.25, 0.3) is 11.8 Å². The topological polar surface area (TPSA) is 110 Å². The first-order valence-electron chi connectivity index (χ1n) is 14.5. The number of carbonyl (C=O) groups excluding carboxylic acids is 2. The van der Waals surface area contributed by atoms with Crippen LogP contribution in [-0.2, 0) is 14.3 Å². The Morgan fingerprint density at radius 2 is 1.58 bits per heavy atom. The highest BCUT2D eigenvalue weighted by atomic mass is 32.1. The molecule has 234 valence electrons. The van der Waals surface area contributed by atoms with Gasteiger partial charge >= 0.3 is 11.9 Å². The summed E-state index contributed by atoms with van der Waals surface area (Å²) in [7, 11) is 3.08. The molecular weight excluding hydrogens is 594 g/mol. The van der Waals surface area contributed by atoms with E-state index < -0.39 is 12.0 Å². The molecule has 0 saturated heterocycles. The molecule has 1 aliphatic rings. The number of benzene rings is 2. The van der Waals surface area contributed by atoms with Gasteiger partial charge in [0.05, 0.1) is 54.8 Å². The summed E-state index contributed by atoms with van der Waals surface area (Å²) in [6.07, 6.45) is 1.85. The van der Waals surface area contributed by atoms with Crippen LogP contribution >= 0.6 is 11.3 Å². The molecule has 0 saturated carbocycles. The van der Waals surface area contributed by atoms with E-state index >= 15 is 0 Å². The summed E-state index contributed by atoms with van der Waals surface area (Å²) in [5, 5.41) is 0. The quantitative estimate of drug-likeness (QED) is 0.253. The number of rotatable bonds is 9. The van der Waals surface area contributed by atoms with Gasteiger partial charge in [-0.1, -0.05) is 17.4 Å². The van der Waals surface area contributed by atoms with Gasteiger partial charge in [0.2, 0.25) is 0 Å². The Hall–Kier alpha value is -4.90. The summed E-state index contributed by atoms with van der Waals surface area (Å²) in [6, 6.07) is 13.8. The molecule has 0 amide bonds. The molecule has 0 unspecified atom stereocenters. The first-order chi connectivity index (χ1) is 21.6. The van der Waals surface area contributed by atoms with E-state index in [0.29, 0.717) is 44.3 Å². The van der Waals surface area contributed by atoms with Crippen LogP contribution in [0.5, 0.6) is 11.5 Å². The normalized spacial score (nSPS) is 14.6. The highest BCUT2D eigenvalue weighted by molar-refractivity contribution is 7.07. The number of carbonyl (C=O) groups is 2. The monoisotopic (exact) mass is 629 g/mol. The van der Waals surface area contributed by atoms with Crippen LogP contribution in [-0.4, -0.2) is 48.5 Å². The van der Waals surface area contributed by atoms with E-state index in [2.05, 4.69) is 9.56 Å². The van der Waals surface area contributed by atoms with E-state index in [1.54, 1.807) is 56.7 Å². The SMILES string of the molecule is CCOC(=O)C1=C(C)N=c2s/c(=C/c3cc(C)n(-c4ccc(C(=O)OCC)cc4)c3C)c(=O)n2[C@H]1c1ccc(OC)c(OC)c1. The maximum atomic E-state index is 14.1. The Kier molecular flexibility index (Phi) is 9.10. The van der Waals surface area contributed by atoms with Crippen LogP contribution in [0, 0.1) is 13.8 Å². The van der Waals surface area contributed by atoms with Crippen LogP contribution in [0.3, 0.4) is 0 Å². The van der Waals surface area contributed by atoms with Gasteiger partial charge in [-0.15, -0.1) is 0 Å². The summed E-state index contributed by atoms with van der Waals surface area (Å²) >= 11 is 1.26. The lowest BCUT2D eigenvalue weighted by Gasteiger charge is -2.25. The third-order valence-electron chi connectivity index (χ3n) is 7.63. The van der Waals surface area contributed by atoms with Crippen molar-refractivity contribution in [3.8, 4) is 17.2 Å². The standard InChI is InChI=1S/C34H35N3O7S/c1-8-43-32(39)22-10-13-25(14-11-22)36-19(3)16-24(21(36)5)18-28-31(38)37-30(23-12-15-26(41-6)27(17-23)42-7)29(33(40)44-9-2)20(4)35-34(37)45-28/h10-18,30H,8-9H2,1-7H3/b28-18+/t30-/m0/s1. The van der Waals surface area contributed by atoms with E-state index in [1.165, 1.54) is 18.4 Å². The van der Waals surface area contributed by atoms with Crippen LogP contribution in [0.15, 0.2) is 69.6 Å². The van der Waals surface area contributed by atoms with Crippen LogP contribution < -0.4 is 24.4 Å². The second kappa shape index (κ2) is 13.0. The highest BCUT2D eigenvalue weighted by Gasteiger charge is 2.34. The van der Waals surface area contributed by atoms with Gasteiger partial charge < -0.3 is 23.5 Å². The number of nitrogens with zero attached hydrogens (tertiary/aromatic N) is 3. The number of methoxy groups -OCH3 is 2. The number of hydrogen-bond donors (Lipinski definition) is 0. The number of ether oxygens (including phenoxy) is 4. The molecule has 1 aliphatic heterocycles. The second-order valence-electron chi connectivity index (χ2n) is 10.3. The van der Waals surface area contributed by atoms with Crippen molar-refractivity contribution in [2.75, 3.05) is 27.4 Å². The Morgan fingerprint density at radius 1 is 0.911 bits per heavy atom. The number of thiazole rings is 1. The fourth-order valence-corrected chi connectivity index (χ4v) is 6.60. The number of hydrogen-bond acceptors (Lipinski definition) is 9. The van der Waals surface area contributed by atoms with Gasteiger partial charge in [0.25, 0.3) is 5.56 Å². The summed E-state index contributed by atoms with van der Waals surface area (Å²) in [4.78, 5) is 44.7. The number of aromatic nitrogens is 2. The van der Waals surface area contributed by atoms with Crippen molar-refractivity contribution in [1.29, 1.82) is 0 Å². The summed E-state index contributed by atoms with van der Waals surface area (Å²) in [6.45, 7) is 9.71. The lowest BCUT2D eigenvalue weighted by Crippen LogP contribution is -2.40. The molecule has 0 aliphatic carbocycles. The molecule has 4 aromatic rings. The van der Waals surface area contributed by atoms with Crippen LogP contribution in [0.4, 0.5) is 0 Å². The Labute approximate surface area is 264 Å². The molecule has 0 radical (unpaired) electrons. The molecule has 2 aromatic carbocycles. The third-order valence-corrected chi connectivity index (χ3v) is 8.62. The predicted octanol–water partition coefficient (Wildman–Crippen LogP) is 4.40. The second-order valence-corrected chi connectivity index (χ2v) is 11.4. The third kappa shape index (κ3) is 5.83.